The summed E-state index contributed by atoms with van der Waals surface area (Å²) in [6.07, 6.45) is 0. The zero-order valence-corrected chi connectivity index (χ0v) is 15.1. The molecule has 2 aromatic carbocycles. The summed E-state index contributed by atoms with van der Waals surface area (Å²) in [6.45, 7) is -2.85. The van der Waals surface area contributed by atoms with Crippen LogP contribution < -0.4 is 15.1 Å². The number of carbonyl (C=O) groups is 1. The van der Waals surface area contributed by atoms with Gasteiger partial charge >= 0.3 is 12.2 Å². The zero-order chi connectivity index (χ0) is 20.3. The van der Waals surface area contributed by atoms with Crippen LogP contribution in [-0.4, -0.2) is 31.6 Å². The highest BCUT2D eigenvalue weighted by atomic mass is 19.3. The molecule has 8 heteroatoms. The van der Waals surface area contributed by atoms with Gasteiger partial charge in [0.25, 0.3) is 5.91 Å². The van der Waals surface area contributed by atoms with Gasteiger partial charge in [-0.2, -0.15) is 8.78 Å². The Morgan fingerprint density at radius 1 is 1.14 bits per heavy atom. The van der Waals surface area contributed by atoms with Crippen LogP contribution in [0.15, 0.2) is 57.7 Å². The number of amides is 1. The summed E-state index contributed by atoms with van der Waals surface area (Å²) in [6, 6.07) is 12.7. The summed E-state index contributed by atoms with van der Waals surface area (Å²) in [5.41, 5.74) is 0.185. The number of carbonyl (C=O) groups excluding carboxylic acids is 1. The number of hydrogen-bond acceptors (Lipinski definition) is 5. The Hall–Kier alpha value is -3.42. The Morgan fingerprint density at radius 2 is 1.89 bits per heavy atom. The average molecular weight is 389 g/mol. The van der Waals surface area contributed by atoms with E-state index < -0.39 is 18.1 Å². The normalized spacial score (nSPS) is 10.9. The van der Waals surface area contributed by atoms with Gasteiger partial charge in [0.15, 0.2) is 11.5 Å². The third-order valence-electron chi connectivity index (χ3n) is 4.08. The van der Waals surface area contributed by atoms with E-state index in [1.807, 2.05) is 0 Å². The summed E-state index contributed by atoms with van der Waals surface area (Å²) in [4.78, 5) is 26.2. The number of hydrogen-bond donors (Lipinski definition) is 0. The lowest BCUT2D eigenvalue weighted by molar-refractivity contribution is -0.0512. The lowest BCUT2D eigenvalue weighted by atomic mass is 10.1. The van der Waals surface area contributed by atoms with Crippen molar-refractivity contribution in [2.24, 2.45) is 0 Å². The first-order valence-corrected chi connectivity index (χ1v) is 8.29. The first-order valence-electron chi connectivity index (χ1n) is 8.29. The largest absolute Gasteiger partial charge is 0.493 e. The van der Waals surface area contributed by atoms with Crippen LogP contribution >= 0.6 is 0 Å². The second-order valence-corrected chi connectivity index (χ2v) is 6.01. The lowest BCUT2D eigenvalue weighted by Crippen LogP contribution is -2.30. The van der Waals surface area contributed by atoms with Crippen molar-refractivity contribution >= 4 is 16.9 Å². The fraction of sp³-hybridized carbons (Fsp3) is 0.200. The molecule has 0 saturated heterocycles. The molecule has 0 unspecified atom stereocenters. The molecule has 0 N–H and O–H groups in total. The average Bonchev–Trinajstić information content (AvgIpc) is 2.67. The fourth-order valence-electron chi connectivity index (χ4n) is 2.77. The Labute approximate surface area is 158 Å². The second kappa shape index (κ2) is 8.08. The number of para-hydroxylation sites is 1. The number of alkyl halides is 2. The molecule has 146 valence electrons. The number of fused-ring (bicyclic) bond motifs is 1. The standard InChI is InChI=1S/C20H17F2NO5/c1-23(11-12-7-8-16(28-20(21)22)17(9-12)26-2)18(24)14-10-13-5-3-4-6-15(13)27-19(14)25/h3-10,20H,11H2,1-2H3. The van der Waals surface area contributed by atoms with Crippen molar-refractivity contribution in [3.63, 3.8) is 0 Å². The molecular weight excluding hydrogens is 372 g/mol. The van der Waals surface area contributed by atoms with Crippen molar-refractivity contribution in [1.82, 2.24) is 4.90 Å². The molecule has 0 spiro atoms. The summed E-state index contributed by atoms with van der Waals surface area (Å²) < 4.78 is 39.5. The van der Waals surface area contributed by atoms with Crippen molar-refractivity contribution in [2.45, 2.75) is 13.2 Å². The van der Waals surface area contributed by atoms with Crippen LogP contribution in [0.3, 0.4) is 0 Å². The Balaban J connectivity index is 1.83. The van der Waals surface area contributed by atoms with Crippen LogP contribution in [0.2, 0.25) is 0 Å². The van der Waals surface area contributed by atoms with E-state index in [1.165, 1.54) is 43.3 Å². The van der Waals surface area contributed by atoms with Gasteiger partial charge in [0, 0.05) is 19.0 Å². The van der Waals surface area contributed by atoms with E-state index in [2.05, 4.69) is 4.74 Å². The maximum absolute atomic E-state index is 12.7. The van der Waals surface area contributed by atoms with Crippen molar-refractivity contribution in [2.75, 3.05) is 14.2 Å². The Kier molecular flexibility index (Phi) is 5.58. The van der Waals surface area contributed by atoms with Crippen LogP contribution in [0.5, 0.6) is 11.5 Å². The molecule has 28 heavy (non-hydrogen) atoms. The first kappa shape index (κ1) is 19.3. The minimum atomic E-state index is -2.98. The predicted molar refractivity (Wildman–Crippen MR) is 97.9 cm³/mol. The number of nitrogens with zero attached hydrogens (tertiary/aromatic N) is 1. The summed E-state index contributed by atoms with van der Waals surface area (Å²) in [7, 11) is 2.85. The Bertz CT molecular complexity index is 1060. The number of benzene rings is 2. The summed E-state index contributed by atoms with van der Waals surface area (Å²) in [5.74, 6) is -0.513. The van der Waals surface area contributed by atoms with E-state index in [4.69, 9.17) is 9.15 Å². The quantitative estimate of drug-likeness (QED) is 0.602. The van der Waals surface area contributed by atoms with Crippen LogP contribution in [-0.2, 0) is 6.54 Å². The smallest absolute Gasteiger partial charge is 0.387 e. The first-order chi connectivity index (χ1) is 13.4. The molecule has 0 aliphatic carbocycles. The topological polar surface area (TPSA) is 69.0 Å². The molecule has 3 rings (SSSR count). The molecule has 0 aliphatic rings. The maximum Gasteiger partial charge on any atom is 0.387 e. The number of halogens is 2. The van der Waals surface area contributed by atoms with E-state index >= 15 is 0 Å². The molecule has 1 amide bonds. The number of rotatable bonds is 6. The van der Waals surface area contributed by atoms with Gasteiger partial charge in [-0.05, 0) is 29.8 Å². The molecule has 1 heterocycles. The van der Waals surface area contributed by atoms with E-state index in [1.54, 1.807) is 24.3 Å². The number of ether oxygens (including phenoxy) is 2. The highest BCUT2D eigenvalue weighted by Gasteiger charge is 2.19. The van der Waals surface area contributed by atoms with Crippen molar-refractivity contribution < 1.29 is 27.5 Å². The molecule has 3 aromatic rings. The van der Waals surface area contributed by atoms with Crippen molar-refractivity contribution in [1.29, 1.82) is 0 Å². The molecule has 0 radical (unpaired) electrons. The minimum Gasteiger partial charge on any atom is -0.493 e. The minimum absolute atomic E-state index is 0.0918. The monoisotopic (exact) mass is 389 g/mol. The van der Waals surface area contributed by atoms with Gasteiger partial charge in [0.2, 0.25) is 0 Å². The van der Waals surface area contributed by atoms with Crippen LogP contribution in [0, 0.1) is 0 Å². The fourth-order valence-corrected chi connectivity index (χ4v) is 2.77. The van der Waals surface area contributed by atoms with E-state index in [0.29, 0.717) is 16.5 Å². The number of methoxy groups -OCH3 is 1. The van der Waals surface area contributed by atoms with Gasteiger partial charge in [-0.1, -0.05) is 24.3 Å². The molecule has 0 bridgehead atoms. The van der Waals surface area contributed by atoms with Gasteiger partial charge < -0.3 is 18.8 Å². The summed E-state index contributed by atoms with van der Waals surface area (Å²) in [5, 5.41) is 0.633. The molecular formula is C20H17F2NO5. The third kappa shape index (κ3) is 4.11. The van der Waals surface area contributed by atoms with Crippen molar-refractivity contribution in [3.05, 3.63) is 70.1 Å². The van der Waals surface area contributed by atoms with E-state index in [0.717, 1.165) is 0 Å². The second-order valence-electron chi connectivity index (χ2n) is 6.01. The van der Waals surface area contributed by atoms with Gasteiger partial charge in [-0.3, -0.25) is 4.79 Å². The molecule has 0 atom stereocenters. The van der Waals surface area contributed by atoms with Crippen molar-refractivity contribution in [3.8, 4) is 11.5 Å². The van der Waals surface area contributed by atoms with E-state index in [-0.39, 0.29) is 23.6 Å². The molecule has 6 nitrogen and oxygen atoms in total. The summed E-state index contributed by atoms with van der Waals surface area (Å²) >= 11 is 0. The molecule has 0 saturated carbocycles. The third-order valence-corrected chi connectivity index (χ3v) is 4.08. The predicted octanol–water partition coefficient (Wildman–Crippen LogP) is 3.68. The maximum atomic E-state index is 12.7. The highest BCUT2D eigenvalue weighted by molar-refractivity contribution is 5.96. The van der Waals surface area contributed by atoms with Crippen LogP contribution in [0.1, 0.15) is 15.9 Å². The van der Waals surface area contributed by atoms with Gasteiger partial charge in [-0.25, -0.2) is 4.79 Å². The van der Waals surface area contributed by atoms with Crippen LogP contribution in [0.25, 0.3) is 11.0 Å². The highest BCUT2D eigenvalue weighted by Crippen LogP contribution is 2.30. The lowest BCUT2D eigenvalue weighted by Gasteiger charge is -2.18. The van der Waals surface area contributed by atoms with E-state index in [9.17, 15) is 18.4 Å². The van der Waals surface area contributed by atoms with Gasteiger partial charge in [0.1, 0.15) is 11.1 Å². The van der Waals surface area contributed by atoms with Crippen LogP contribution in [0.4, 0.5) is 8.78 Å². The SMILES string of the molecule is COc1cc(CN(C)C(=O)c2cc3ccccc3oc2=O)ccc1OC(F)F. The molecule has 0 fully saturated rings. The van der Waals surface area contributed by atoms with Gasteiger partial charge in [0.05, 0.1) is 7.11 Å². The Morgan fingerprint density at radius 3 is 2.61 bits per heavy atom. The molecule has 0 aliphatic heterocycles. The van der Waals surface area contributed by atoms with Gasteiger partial charge in [-0.15, -0.1) is 0 Å². The molecule has 1 aromatic heterocycles. The zero-order valence-electron chi connectivity index (χ0n) is 15.1.